The first kappa shape index (κ1) is 11.1. The van der Waals surface area contributed by atoms with Gasteiger partial charge in [0, 0.05) is 18.8 Å². The van der Waals surface area contributed by atoms with Crippen molar-refractivity contribution in [3.8, 4) is 6.01 Å². The molecule has 80 valence electrons. The summed E-state index contributed by atoms with van der Waals surface area (Å²) in [5.74, 6) is -0.647. The summed E-state index contributed by atoms with van der Waals surface area (Å²) in [6.07, 6.45) is 3.16. The van der Waals surface area contributed by atoms with Gasteiger partial charge < -0.3 is 9.47 Å². The summed E-state index contributed by atoms with van der Waals surface area (Å²) in [5, 5.41) is 7.37. The van der Waals surface area contributed by atoms with Crippen molar-refractivity contribution < 1.29 is 14.3 Å². The minimum Gasteiger partial charge on any atom is -0.467 e. The van der Waals surface area contributed by atoms with Gasteiger partial charge in [-0.15, -0.1) is 0 Å². The number of hydrogen-bond donors (Lipinski definition) is 1. The van der Waals surface area contributed by atoms with E-state index in [1.807, 2.05) is 0 Å². The van der Waals surface area contributed by atoms with Gasteiger partial charge in [-0.25, -0.2) is 14.8 Å². The maximum absolute atomic E-state index is 10.9. The van der Waals surface area contributed by atoms with Crippen LogP contribution >= 0.6 is 0 Å². The van der Waals surface area contributed by atoms with E-state index in [1.165, 1.54) is 26.6 Å². The number of rotatable bonds is 4. The Morgan fingerprint density at radius 1 is 1.40 bits per heavy atom. The summed E-state index contributed by atoms with van der Waals surface area (Å²) in [7, 11) is 2.70. The molecule has 0 saturated heterocycles. The molecule has 6 heteroatoms. The molecule has 0 aliphatic carbocycles. The molecular formula is C9H11N3O3. The number of esters is 1. The van der Waals surface area contributed by atoms with Crippen LogP contribution in [-0.2, 0) is 16.0 Å². The van der Waals surface area contributed by atoms with Gasteiger partial charge in [-0.05, 0) is 5.56 Å². The number of nitrogens with one attached hydrogen (secondary N) is 1. The van der Waals surface area contributed by atoms with Gasteiger partial charge in [0.25, 0.3) is 0 Å². The molecule has 0 radical (unpaired) electrons. The van der Waals surface area contributed by atoms with Crippen LogP contribution in [0.4, 0.5) is 0 Å². The SMILES string of the molecule is COC(=O)C(=N)Cc1cnc(OC)nc1. The van der Waals surface area contributed by atoms with Crippen LogP contribution in [0.15, 0.2) is 12.4 Å². The molecule has 15 heavy (non-hydrogen) atoms. The highest BCUT2D eigenvalue weighted by atomic mass is 16.5. The lowest BCUT2D eigenvalue weighted by atomic mass is 10.2. The Kier molecular flexibility index (Phi) is 3.73. The molecular weight excluding hydrogens is 198 g/mol. The molecule has 0 atom stereocenters. The van der Waals surface area contributed by atoms with Crippen molar-refractivity contribution in [3.63, 3.8) is 0 Å². The molecule has 1 N–H and O–H groups in total. The summed E-state index contributed by atoms with van der Waals surface area (Å²) in [6, 6.07) is 0.253. The van der Waals surface area contributed by atoms with Crippen molar-refractivity contribution >= 4 is 11.7 Å². The fraction of sp³-hybridized carbons (Fsp3) is 0.333. The van der Waals surface area contributed by atoms with Crippen LogP contribution < -0.4 is 4.74 Å². The number of aromatic nitrogens is 2. The van der Waals surface area contributed by atoms with Gasteiger partial charge in [0.05, 0.1) is 14.2 Å². The van der Waals surface area contributed by atoms with E-state index in [2.05, 4.69) is 14.7 Å². The molecule has 0 aromatic carbocycles. The van der Waals surface area contributed by atoms with Crippen LogP contribution in [0, 0.1) is 5.41 Å². The summed E-state index contributed by atoms with van der Waals surface area (Å²) in [6.45, 7) is 0. The molecule has 0 spiro atoms. The van der Waals surface area contributed by atoms with Crippen LogP contribution in [0.5, 0.6) is 6.01 Å². The fourth-order valence-corrected chi connectivity index (χ4v) is 0.939. The third-order valence-electron chi connectivity index (χ3n) is 1.68. The van der Waals surface area contributed by atoms with Gasteiger partial charge in [-0.2, -0.15) is 0 Å². The fourth-order valence-electron chi connectivity index (χ4n) is 0.939. The topological polar surface area (TPSA) is 85.2 Å². The molecule has 1 aromatic heterocycles. The average molecular weight is 209 g/mol. The predicted molar refractivity (Wildman–Crippen MR) is 52.0 cm³/mol. The van der Waals surface area contributed by atoms with Crippen LogP contribution in [0.1, 0.15) is 5.56 Å². The van der Waals surface area contributed by atoms with Crippen LogP contribution in [-0.4, -0.2) is 35.9 Å². The molecule has 0 aliphatic heterocycles. The largest absolute Gasteiger partial charge is 0.467 e. The minimum absolute atomic E-state index is 0.133. The highest BCUT2D eigenvalue weighted by molar-refractivity contribution is 6.35. The van der Waals surface area contributed by atoms with Crippen LogP contribution in [0.3, 0.4) is 0 Å². The zero-order chi connectivity index (χ0) is 11.3. The molecule has 1 aromatic rings. The van der Waals surface area contributed by atoms with E-state index >= 15 is 0 Å². The van der Waals surface area contributed by atoms with Crippen LogP contribution in [0.2, 0.25) is 0 Å². The quantitative estimate of drug-likeness (QED) is 0.566. The second kappa shape index (κ2) is 5.04. The van der Waals surface area contributed by atoms with Crippen molar-refractivity contribution in [2.24, 2.45) is 0 Å². The molecule has 0 aliphatic rings. The van der Waals surface area contributed by atoms with E-state index in [9.17, 15) is 4.79 Å². The van der Waals surface area contributed by atoms with Crippen molar-refractivity contribution in [1.82, 2.24) is 9.97 Å². The second-order valence-electron chi connectivity index (χ2n) is 2.72. The summed E-state index contributed by atoms with van der Waals surface area (Å²) < 4.78 is 9.18. The Hall–Kier alpha value is -1.98. The Morgan fingerprint density at radius 2 is 2.00 bits per heavy atom. The standard InChI is InChI=1S/C9H11N3O3/c1-14-8(13)7(10)3-6-4-11-9(15-2)12-5-6/h4-5,10H,3H2,1-2H3. The third-order valence-corrected chi connectivity index (χ3v) is 1.68. The normalized spacial score (nSPS) is 9.47. The van der Waals surface area contributed by atoms with Gasteiger partial charge in [0.1, 0.15) is 5.71 Å². The number of ether oxygens (including phenoxy) is 2. The predicted octanol–water partition coefficient (Wildman–Crippen LogP) is 0.220. The van der Waals surface area contributed by atoms with Gasteiger partial charge in [0.15, 0.2) is 0 Å². The zero-order valence-electron chi connectivity index (χ0n) is 8.48. The highest BCUT2D eigenvalue weighted by Crippen LogP contribution is 2.03. The highest BCUT2D eigenvalue weighted by Gasteiger charge is 2.10. The summed E-state index contributed by atoms with van der Waals surface area (Å²) in [4.78, 5) is 18.6. The van der Waals surface area contributed by atoms with E-state index in [-0.39, 0.29) is 18.1 Å². The van der Waals surface area contributed by atoms with E-state index < -0.39 is 5.97 Å². The molecule has 1 heterocycles. The van der Waals surface area contributed by atoms with E-state index in [0.29, 0.717) is 5.56 Å². The number of hydrogen-bond acceptors (Lipinski definition) is 6. The Bertz CT molecular complexity index is 361. The van der Waals surface area contributed by atoms with Crippen molar-refractivity contribution in [1.29, 1.82) is 5.41 Å². The Morgan fingerprint density at radius 3 is 2.47 bits per heavy atom. The summed E-state index contributed by atoms with van der Waals surface area (Å²) in [5.41, 5.74) is 0.525. The monoisotopic (exact) mass is 209 g/mol. The molecule has 6 nitrogen and oxygen atoms in total. The first-order valence-electron chi connectivity index (χ1n) is 4.18. The second-order valence-corrected chi connectivity index (χ2v) is 2.72. The maximum Gasteiger partial charge on any atom is 0.352 e. The van der Waals surface area contributed by atoms with E-state index in [4.69, 9.17) is 10.1 Å². The summed E-state index contributed by atoms with van der Waals surface area (Å²) >= 11 is 0. The van der Waals surface area contributed by atoms with Gasteiger partial charge in [-0.1, -0.05) is 0 Å². The maximum atomic E-state index is 10.9. The molecule has 0 bridgehead atoms. The van der Waals surface area contributed by atoms with Crippen LogP contribution in [0.25, 0.3) is 0 Å². The van der Waals surface area contributed by atoms with E-state index in [1.54, 1.807) is 0 Å². The van der Waals surface area contributed by atoms with Gasteiger partial charge >= 0.3 is 12.0 Å². The number of carbonyl (C=O) groups is 1. The molecule has 0 amide bonds. The lowest BCUT2D eigenvalue weighted by molar-refractivity contribution is -0.132. The Labute approximate surface area is 86.8 Å². The van der Waals surface area contributed by atoms with Crippen molar-refractivity contribution in [2.75, 3.05) is 14.2 Å². The van der Waals surface area contributed by atoms with Crippen molar-refractivity contribution in [2.45, 2.75) is 6.42 Å². The smallest absolute Gasteiger partial charge is 0.352 e. The minimum atomic E-state index is -0.647. The average Bonchev–Trinajstić information content (AvgIpc) is 2.29. The zero-order valence-corrected chi connectivity index (χ0v) is 8.48. The lowest BCUT2D eigenvalue weighted by Gasteiger charge is -2.02. The first-order valence-corrected chi connectivity index (χ1v) is 4.18. The van der Waals surface area contributed by atoms with E-state index in [0.717, 1.165) is 0 Å². The number of carbonyl (C=O) groups excluding carboxylic acids is 1. The molecule has 0 fully saturated rings. The lowest BCUT2D eigenvalue weighted by Crippen LogP contribution is -2.17. The Balaban J connectivity index is 2.65. The van der Waals surface area contributed by atoms with Gasteiger partial charge in [-0.3, -0.25) is 5.41 Å². The molecule has 0 saturated carbocycles. The number of nitrogens with zero attached hydrogens (tertiary/aromatic N) is 2. The molecule has 0 unspecified atom stereocenters. The number of methoxy groups -OCH3 is 2. The third kappa shape index (κ3) is 3.01. The first-order chi connectivity index (χ1) is 7.17. The van der Waals surface area contributed by atoms with Gasteiger partial charge in [0.2, 0.25) is 0 Å². The molecule has 1 rings (SSSR count). The van der Waals surface area contributed by atoms with Crippen molar-refractivity contribution in [3.05, 3.63) is 18.0 Å².